The highest BCUT2D eigenvalue weighted by Gasteiger charge is 2.58. The Morgan fingerprint density at radius 2 is 1.84 bits per heavy atom. The van der Waals surface area contributed by atoms with E-state index in [4.69, 9.17) is 14.5 Å². The van der Waals surface area contributed by atoms with Crippen LogP contribution in [0.15, 0.2) is 42.2 Å². The molecule has 0 radical (unpaired) electrons. The van der Waals surface area contributed by atoms with Crippen molar-refractivity contribution in [3.05, 3.63) is 42.2 Å². The molecule has 0 saturated carbocycles. The zero-order chi connectivity index (χ0) is 30.7. The standard InChI is InChI=1S/C33H41N7O3S/c1-31(2,3)43-30(41)40-32(4)13-14-33(40,5)17-22(16-32)36-26-12-11-25(37-38-26)24-10-9-23(28-29(24)44-20-34-28)21-18-35-39(19-21)27-8-6-7-15-42-27/h9-12,18-20,22,27H,6-8,13-17H2,1-5H3,(H,36,38). The molecule has 10 nitrogen and oxygen atoms in total. The lowest BCUT2D eigenvalue weighted by Gasteiger charge is -2.51. The van der Waals surface area contributed by atoms with Crippen LogP contribution in [0.5, 0.6) is 0 Å². The largest absolute Gasteiger partial charge is 0.444 e. The molecule has 232 valence electrons. The first-order valence-corrected chi connectivity index (χ1v) is 16.6. The molecule has 6 heterocycles. The Labute approximate surface area is 262 Å². The van der Waals surface area contributed by atoms with Crippen molar-refractivity contribution in [3.8, 4) is 22.4 Å². The molecule has 3 aliphatic heterocycles. The molecule has 3 unspecified atom stereocenters. The van der Waals surface area contributed by atoms with Gasteiger partial charge < -0.3 is 14.8 Å². The van der Waals surface area contributed by atoms with Gasteiger partial charge in [0.05, 0.1) is 27.6 Å². The highest BCUT2D eigenvalue weighted by Crippen LogP contribution is 2.51. The summed E-state index contributed by atoms with van der Waals surface area (Å²) in [5, 5.41) is 17.5. The third-order valence-corrected chi connectivity index (χ3v) is 10.2. The molecule has 0 spiro atoms. The van der Waals surface area contributed by atoms with Crippen molar-refractivity contribution in [2.45, 2.75) is 109 Å². The lowest BCUT2D eigenvalue weighted by atomic mass is 9.82. The molecule has 1 amide bonds. The van der Waals surface area contributed by atoms with Gasteiger partial charge in [0, 0.05) is 46.6 Å². The van der Waals surface area contributed by atoms with Crippen LogP contribution >= 0.6 is 11.3 Å². The van der Waals surface area contributed by atoms with Crippen molar-refractivity contribution in [1.82, 2.24) is 29.9 Å². The fourth-order valence-corrected chi connectivity index (χ4v) is 8.34. The molecule has 3 aliphatic rings. The number of rotatable bonds is 5. The molecule has 1 N–H and O–H groups in total. The topological polar surface area (TPSA) is 107 Å². The first-order valence-electron chi connectivity index (χ1n) is 15.7. The summed E-state index contributed by atoms with van der Waals surface area (Å²) < 4.78 is 14.7. The summed E-state index contributed by atoms with van der Waals surface area (Å²) in [6.07, 6.45) is 10.6. The Kier molecular flexibility index (Phi) is 7.16. The van der Waals surface area contributed by atoms with Crippen molar-refractivity contribution in [3.63, 3.8) is 0 Å². The number of anilines is 1. The van der Waals surface area contributed by atoms with Crippen molar-refractivity contribution >= 4 is 33.5 Å². The minimum absolute atomic E-state index is 0.00324. The summed E-state index contributed by atoms with van der Waals surface area (Å²) in [5.41, 5.74) is 5.67. The van der Waals surface area contributed by atoms with Crippen LogP contribution < -0.4 is 5.32 Å². The van der Waals surface area contributed by atoms with E-state index in [1.165, 1.54) is 0 Å². The Hall–Kier alpha value is -3.57. The Balaban J connectivity index is 1.07. The maximum Gasteiger partial charge on any atom is 0.411 e. The predicted octanol–water partition coefficient (Wildman–Crippen LogP) is 7.44. The first kappa shape index (κ1) is 29.2. The van der Waals surface area contributed by atoms with E-state index in [9.17, 15) is 4.79 Å². The minimum Gasteiger partial charge on any atom is -0.444 e. The monoisotopic (exact) mass is 615 g/mol. The average Bonchev–Trinajstić information content (AvgIpc) is 3.70. The van der Waals surface area contributed by atoms with E-state index >= 15 is 0 Å². The van der Waals surface area contributed by atoms with Crippen LogP contribution in [0.4, 0.5) is 10.6 Å². The molecule has 7 rings (SSSR count). The van der Waals surface area contributed by atoms with E-state index in [0.29, 0.717) is 0 Å². The van der Waals surface area contributed by atoms with Gasteiger partial charge in [-0.15, -0.1) is 21.5 Å². The van der Waals surface area contributed by atoms with Crippen molar-refractivity contribution < 1.29 is 14.3 Å². The van der Waals surface area contributed by atoms with Crippen LogP contribution in [-0.4, -0.2) is 65.3 Å². The van der Waals surface area contributed by atoms with Crippen LogP contribution in [-0.2, 0) is 9.47 Å². The van der Waals surface area contributed by atoms with Gasteiger partial charge in [-0.3, -0.25) is 4.90 Å². The van der Waals surface area contributed by atoms with E-state index < -0.39 is 5.60 Å². The van der Waals surface area contributed by atoms with Crippen LogP contribution in [0, 0.1) is 0 Å². The number of carbonyl (C=O) groups is 1. The van der Waals surface area contributed by atoms with Gasteiger partial charge >= 0.3 is 6.09 Å². The van der Waals surface area contributed by atoms with Gasteiger partial charge in [0.25, 0.3) is 0 Å². The zero-order valence-corrected chi connectivity index (χ0v) is 27.0. The van der Waals surface area contributed by atoms with E-state index in [1.54, 1.807) is 11.3 Å². The second kappa shape index (κ2) is 10.8. The first-order chi connectivity index (χ1) is 21.0. The third kappa shape index (κ3) is 5.34. The number of nitrogens with one attached hydrogen (secondary N) is 1. The number of hydrogen-bond donors (Lipinski definition) is 1. The average molecular weight is 616 g/mol. The number of benzene rings is 1. The minimum atomic E-state index is -0.520. The maximum absolute atomic E-state index is 13.2. The number of carbonyl (C=O) groups excluding carboxylic acids is 1. The molecule has 44 heavy (non-hydrogen) atoms. The quantitative estimate of drug-likeness (QED) is 0.247. The number of fused-ring (bicyclic) bond motifs is 3. The van der Waals surface area contributed by atoms with Crippen molar-refractivity contribution in [1.29, 1.82) is 0 Å². The van der Waals surface area contributed by atoms with Crippen LogP contribution in [0.2, 0.25) is 0 Å². The summed E-state index contributed by atoms with van der Waals surface area (Å²) in [5.74, 6) is 0.741. The summed E-state index contributed by atoms with van der Waals surface area (Å²) >= 11 is 1.61. The molecule has 0 aliphatic carbocycles. The van der Waals surface area contributed by atoms with E-state index in [0.717, 1.165) is 90.0 Å². The highest BCUT2D eigenvalue weighted by molar-refractivity contribution is 7.17. The van der Waals surface area contributed by atoms with Gasteiger partial charge in [-0.2, -0.15) is 5.10 Å². The summed E-state index contributed by atoms with van der Waals surface area (Å²) in [7, 11) is 0. The molecule has 3 aromatic heterocycles. The smallest absolute Gasteiger partial charge is 0.411 e. The fraction of sp³-hybridized carbons (Fsp3) is 0.545. The van der Waals surface area contributed by atoms with Gasteiger partial charge in [-0.1, -0.05) is 12.1 Å². The molecule has 3 atom stereocenters. The highest BCUT2D eigenvalue weighted by atomic mass is 32.1. The van der Waals surface area contributed by atoms with E-state index in [1.807, 2.05) is 54.2 Å². The summed E-state index contributed by atoms with van der Waals surface area (Å²) in [4.78, 5) is 19.9. The summed E-state index contributed by atoms with van der Waals surface area (Å²) in [6.45, 7) is 10.9. The normalized spacial score (nSPS) is 27.1. The van der Waals surface area contributed by atoms with Gasteiger partial charge in [0.1, 0.15) is 17.6 Å². The molecule has 3 saturated heterocycles. The molecule has 2 bridgehead atoms. The number of aromatic nitrogens is 5. The number of amides is 1. The molecule has 11 heteroatoms. The maximum atomic E-state index is 13.2. The fourth-order valence-electron chi connectivity index (χ4n) is 7.50. The molecular weight excluding hydrogens is 574 g/mol. The molecule has 1 aromatic carbocycles. The lowest BCUT2D eigenvalue weighted by Crippen LogP contribution is -2.62. The number of ether oxygens (including phenoxy) is 2. The Bertz CT molecular complexity index is 1650. The Morgan fingerprint density at radius 1 is 1.07 bits per heavy atom. The SMILES string of the molecule is CC(C)(C)OC(=O)N1C2(C)CCC1(C)CC(Nc1ccc(-c3ccc(-c4cnn(C5CCCCO5)c4)c4ncsc34)nn1)C2. The second-order valence-electron chi connectivity index (χ2n) is 14.1. The van der Waals surface area contributed by atoms with Crippen LogP contribution in [0.25, 0.3) is 32.6 Å². The number of piperidine rings is 1. The number of thiazole rings is 1. The van der Waals surface area contributed by atoms with E-state index in [2.05, 4.69) is 52.8 Å². The van der Waals surface area contributed by atoms with Gasteiger partial charge in [-0.05, 0) is 91.7 Å². The predicted molar refractivity (Wildman–Crippen MR) is 171 cm³/mol. The number of nitrogens with zero attached hydrogens (tertiary/aromatic N) is 6. The molecular formula is C33H41N7O3S. The van der Waals surface area contributed by atoms with Gasteiger partial charge in [-0.25, -0.2) is 14.5 Å². The molecule has 3 fully saturated rings. The molecule has 4 aromatic rings. The van der Waals surface area contributed by atoms with Crippen molar-refractivity contribution in [2.75, 3.05) is 11.9 Å². The number of hydrogen-bond acceptors (Lipinski definition) is 9. The lowest BCUT2D eigenvalue weighted by molar-refractivity contribution is -0.0394. The van der Waals surface area contributed by atoms with Crippen LogP contribution in [0.3, 0.4) is 0 Å². The Morgan fingerprint density at radius 3 is 2.52 bits per heavy atom. The third-order valence-electron chi connectivity index (χ3n) is 9.37. The second-order valence-corrected chi connectivity index (χ2v) is 14.9. The van der Waals surface area contributed by atoms with Crippen LogP contribution in [0.1, 0.15) is 85.8 Å². The van der Waals surface area contributed by atoms with Gasteiger partial charge in [0.15, 0.2) is 0 Å². The van der Waals surface area contributed by atoms with E-state index in [-0.39, 0.29) is 29.4 Å². The van der Waals surface area contributed by atoms with Crippen molar-refractivity contribution in [2.24, 2.45) is 0 Å². The summed E-state index contributed by atoms with van der Waals surface area (Å²) in [6, 6.07) is 8.41. The zero-order valence-electron chi connectivity index (χ0n) is 26.2. The van der Waals surface area contributed by atoms with Gasteiger partial charge in [0.2, 0.25) is 0 Å².